The zero-order chi connectivity index (χ0) is 17.4. The molecule has 0 spiro atoms. The van der Waals surface area contributed by atoms with Gasteiger partial charge in [0.15, 0.2) is 0 Å². The quantitative estimate of drug-likeness (QED) is 0.819. The summed E-state index contributed by atoms with van der Waals surface area (Å²) >= 11 is 1.71. The van der Waals surface area contributed by atoms with E-state index in [2.05, 4.69) is 22.4 Å². The molecule has 4 nitrogen and oxygen atoms in total. The molecule has 1 aromatic carbocycles. The van der Waals surface area contributed by atoms with Gasteiger partial charge in [-0.05, 0) is 45.4 Å². The molecule has 1 radical (unpaired) electrons. The van der Waals surface area contributed by atoms with Crippen molar-refractivity contribution in [2.75, 3.05) is 5.32 Å². The first-order chi connectivity index (χ1) is 11.3. The Balaban J connectivity index is 1.70. The van der Waals surface area contributed by atoms with Crippen LogP contribution in [0.4, 0.5) is 5.69 Å². The maximum absolute atomic E-state index is 10.2. The molecule has 0 fully saturated rings. The first-order valence-corrected chi connectivity index (χ1v) is 8.86. The van der Waals surface area contributed by atoms with E-state index in [1.54, 1.807) is 33.1 Å². The minimum atomic E-state index is -0.933. The Morgan fingerprint density at radius 3 is 2.71 bits per heavy atom. The highest BCUT2D eigenvalue weighted by Gasteiger charge is 2.35. The molecule has 2 heterocycles. The van der Waals surface area contributed by atoms with Gasteiger partial charge in [0.1, 0.15) is 10.4 Å². The van der Waals surface area contributed by atoms with E-state index in [-0.39, 0.29) is 5.37 Å². The van der Waals surface area contributed by atoms with Gasteiger partial charge in [-0.25, -0.2) is 4.98 Å². The van der Waals surface area contributed by atoms with Crippen LogP contribution < -0.4 is 10.8 Å². The molecular formula is C18H22BN2O2S. The summed E-state index contributed by atoms with van der Waals surface area (Å²) in [5, 5.41) is 14.8. The van der Waals surface area contributed by atoms with Gasteiger partial charge >= 0.3 is 7.48 Å². The highest BCUT2D eigenvalue weighted by atomic mass is 32.2. The fourth-order valence-corrected chi connectivity index (χ4v) is 3.25. The highest BCUT2D eigenvalue weighted by Crippen LogP contribution is 2.44. The number of fused-ring (bicyclic) bond motifs is 1. The van der Waals surface area contributed by atoms with Crippen LogP contribution in [0.3, 0.4) is 0 Å². The molecule has 2 N–H and O–H groups in total. The Morgan fingerprint density at radius 1 is 1.21 bits per heavy atom. The van der Waals surface area contributed by atoms with Gasteiger partial charge in [-0.3, -0.25) is 0 Å². The van der Waals surface area contributed by atoms with Crippen LogP contribution in [0.1, 0.15) is 38.6 Å². The standard InChI is InChI=1S/C18H22BN2O2S/c1-17(2,22)18(3,4)23-19-13-8-5-7-12(11-13)15-21-14-9-6-10-20-16(14)24-15/h5-11,15,21-22H,1-4H3. The minimum Gasteiger partial charge on any atom is -0.427 e. The van der Waals surface area contributed by atoms with Gasteiger partial charge in [-0.2, -0.15) is 0 Å². The second-order valence-electron chi connectivity index (χ2n) is 6.97. The third-order valence-electron chi connectivity index (χ3n) is 4.46. The van der Waals surface area contributed by atoms with E-state index in [4.69, 9.17) is 4.65 Å². The Morgan fingerprint density at radius 2 is 2.00 bits per heavy atom. The molecule has 0 saturated heterocycles. The highest BCUT2D eigenvalue weighted by molar-refractivity contribution is 8.00. The van der Waals surface area contributed by atoms with Gasteiger partial charge < -0.3 is 15.1 Å². The van der Waals surface area contributed by atoms with Crippen LogP contribution in [0.5, 0.6) is 0 Å². The van der Waals surface area contributed by atoms with E-state index in [9.17, 15) is 5.11 Å². The van der Waals surface area contributed by atoms with Crippen molar-refractivity contribution in [2.24, 2.45) is 0 Å². The Bertz CT molecular complexity index is 706. The second-order valence-corrected chi connectivity index (χ2v) is 8.07. The van der Waals surface area contributed by atoms with Gasteiger partial charge in [0.2, 0.25) is 0 Å². The van der Waals surface area contributed by atoms with Crippen LogP contribution in [0.15, 0.2) is 47.6 Å². The molecule has 24 heavy (non-hydrogen) atoms. The average molecular weight is 341 g/mol. The summed E-state index contributed by atoms with van der Waals surface area (Å²) in [6, 6.07) is 12.2. The molecular weight excluding hydrogens is 319 g/mol. The van der Waals surface area contributed by atoms with E-state index in [0.717, 1.165) is 21.7 Å². The van der Waals surface area contributed by atoms with Crippen molar-refractivity contribution in [1.29, 1.82) is 0 Å². The number of thioether (sulfide) groups is 1. The molecule has 6 heteroatoms. The van der Waals surface area contributed by atoms with Crippen LogP contribution in [0.25, 0.3) is 0 Å². The second kappa shape index (κ2) is 6.43. The lowest BCUT2D eigenvalue weighted by Crippen LogP contribution is -2.49. The molecule has 1 atom stereocenters. The Kier molecular flexibility index (Phi) is 4.64. The predicted molar refractivity (Wildman–Crippen MR) is 99.7 cm³/mol. The molecule has 0 amide bonds. The van der Waals surface area contributed by atoms with Gasteiger partial charge in [-0.1, -0.05) is 41.5 Å². The van der Waals surface area contributed by atoms with E-state index in [1.165, 1.54) is 0 Å². The molecule has 1 aliphatic heterocycles. The molecule has 0 bridgehead atoms. The summed E-state index contributed by atoms with van der Waals surface area (Å²) in [6.07, 6.45) is 1.81. The van der Waals surface area contributed by atoms with Gasteiger partial charge in [0.05, 0.1) is 16.9 Å². The number of aliphatic hydroxyl groups is 1. The first kappa shape index (κ1) is 17.3. The van der Waals surface area contributed by atoms with Crippen molar-refractivity contribution in [3.63, 3.8) is 0 Å². The molecule has 1 unspecified atom stereocenters. The SMILES string of the molecule is CC(C)(O)C(C)(C)O[B]c1cccc(C2Nc3cccnc3S2)c1. The van der Waals surface area contributed by atoms with Crippen LogP contribution in [0.2, 0.25) is 0 Å². The topological polar surface area (TPSA) is 54.4 Å². The lowest BCUT2D eigenvalue weighted by atomic mass is 9.82. The number of aromatic nitrogens is 1. The molecule has 125 valence electrons. The summed E-state index contributed by atoms with van der Waals surface area (Å²) in [4.78, 5) is 4.39. The van der Waals surface area contributed by atoms with Crippen molar-refractivity contribution >= 4 is 30.4 Å². The Labute approximate surface area is 148 Å². The molecule has 2 aromatic rings. The number of benzene rings is 1. The molecule has 1 aliphatic rings. The lowest BCUT2D eigenvalue weighted by Gasteiger charge is -2.37. The van der Waals surface area contributed by atoms with Gasteiger partial charge in [0.25, 0.3) is 0 Å². The third-order valence-corrected chi connectivity index (χ3v) is 5.64. The zero-order valence-electron chi connectivity index (χ0n) is 14.4. The summed E-state index contributed by atoms with van der Waals surface area (Å²) in [7, 11) is 1.71. The minimum absolute atomic E-state index is 0.144. The average Bonchev–Trinajstić information content (AvgIpc) is 2.96. The number of anilines is 1. The van der Waals surface area contributed by atoms with Crippen LogP contribution in [-0.2, 0) is 4.65 Å². The number of rotatable bonds is 5. The Hall–Kier alpha value is -1.50. The van der Waals surface area contributed by atoms with Gasteiger partial charge in [-0.15, -0.1) is 0 Å². The van der Waals surface area contributed by atoms with Crippen LogP contribution in [-0.4, -0.2) is 28.8 Å². The van der Waals surface area contributed by atoms with Gasteiger partial charge in [0, 0.05) is 6.20 Å². The van der Waals surface area contributed by atoms with E-state index >= 15 is 0 Å². The third kappa shape index (κ3) is 3.61. The molecule has 1 aromatic heterocycles. The van der Waals surface area contributed by atoms with E-state index in [1.807, 2.05) is 44.3 Å². The zero-order valence-corrected chi connectivity index (χ0v) is 15.2. The fourth-order valence-electron chi connectivity index (χ4n) is 2.18. The van der Waals surface area contributed by atoms with Crippen molar-refractivity contribution in [2.45, 2.75) is 49.3 Å². The summed E-state index contributed by atoms with van der Waals surface area (Å²) in [5.74, 6) is 0. The number of hydrogen-bond acceptors (Lipinski definition) is 5. The summed E-state index contributed by atoms with van der Waals surface area (Å²) in [5.41, 5.74) is 1.59. The van der Waals surface area contributed by atoms with Crippen LogP contribution in [0, 0.1) is 0 Å². The van der Waals surface area contributed by atoms with Crippen molar-refractivity contribution in [3.8, 4) is 0 Å². The smallest absolute Gasteiger partial charge is 0.330 e. The van der Waals surface area contributed by atoms with Crippen molar-refractivity contribution < 1.29 is 9.76 Å². The molecule has 0 aliphatic carbocycles. The molecule has 0 saturated carbocycles. The summed E-state index contributed by atoms with van der Waals surface area (Å²) < 4.78 is 5.84. The number of nitrogens with zero attached hydrogens (tertiary/aromatic N) is 1. The lowest BCUT2D eigenvalue weighted by molar-refractivity contribution is -0.0893. The monoisotopic (exact) mass is 341 g/mol. The normalized spacial score (nSPS) is 17.3. The maximum Gasteiger partial charge on any atom is 0.330 e. The van der Waals surface area contributed by atoms with E-state index < -0.39 is 11.2 Å². The number of nitrogens with one attached hydrogen (secondary N) is 1. The van der Waals surface area contributed by atoms with E-state index in [0.29, 0.717) is 0 Å². The molecule has 3 rings (SSSR count). The first-order valence-electron chi connectivity index (χ1n) is 7.98. The van der Waals surface area contributed by atoms with Crippen molar-refractivity contribution in [1.82, 2.24) is 4.98 Å². The number of hydrogen-bond donors (Lipinski definition) is 2. The summed E-state index contributed by atoms with van der Waals surface area (Å²) in [6.45, 7) is 7.26. The van der Waals surface area contributed by atoms with Crippen LogP contribution >= 0.6 is 11.8 Å². The predicted octanol–water partition coefficient (Wildman–Crippen LogP) is 3.11. The maximum atomic E-state index is 10.2. The number of pyridine rings is 1. The largest absolute Gasteiger partial charge is 0.427 e. The van der Waals surface area contributed by atoms with Crippen molar-refractivity contribution in [3.05, 3.63) is 48.2 Å². The fraction of sp³-hybridized carbons (Fsp3) is 0.389.